The van der Waals surface area contributed by atoms with E-state index in [0.717, 1.165) is 23.8 Å². The second kappa shape index (κ2) is 8.75. The van der Waals surface area contributed by atoms with Crippen molar-refractivity contribution in [1.82, 2.24) is 0 Å². The van der Waals surface area contributed by atoms with Crippen LogP contribution in [0, 0.1) is 26.1 Å². The summed E-state index contributed by atoms with van der Waals surface area (Å²) >= 11 is 0. The van der Waals surface area contributed by atoms with Gasteiger partial charge in [-0.15, -0.1) is 0 Å². The van der Waals surface area contributed by atoms with Crippen LogP contribution in [0.4, 0.5) is 11.4 Å². The highest BCUT2D eigenvalue weighted by molar-refractivity contribution is 5.86. The fourth-order valence-electron chi connectivity index (χ4n) is 2.60. The molecule has 0 amide bonds. The molecule has 0 aliphatic carbocycles. The molecule has 0 saturated heterocycles. The molecule has 27 heavy (non-hydrogen) atoms. The van der Waals surface area contributed by atoms with Crippen molar-refractivity contribution in [2.45, 2.75) is 26.7 Å². The van der Waals surface area contributed by atoms with Crippen molar-refractivity contribution in [2.75, 3.05) is 0 Å². The van der Waals surface area contributed by atoms with Crippen molar-refractivity contribution in [3.63, 3.8) is 0 Å². The molecular weight excluding hydrogens is 354 g/mol. The minimum absolute atomic E-state index is 0.0334. The highest BCUT2D eigenvalue weighted by atomic mass is 16.7. The molecule has 0 aromatic heterocycles. The van der Waals surface area contributed by atoms with Crippen LogP contribution in [0.3, 0.4) is 0 Å². The number of aromatic hydroxyl groups is 1. The Morgan fingerprint density at radius 3 is 2.52 bits per heavy atom. The van der Waals surface area contributed by atoms with E-state index in [2.05, 4.69) is 5.16 Å². The SMILES string of the molecule is CC/C(=N/Oc1ccc([N+](=O)[O-])cc1[N+](=O)[O-])C(C)Cc1cccc(O)c1. The first-order valence-electron chi connectivity index (χ1n) is 8.26. The van der Waals surface area contributed by atoms with Crippen LogP contribution in [0.15, 0.2) is 47.6 Å². The third-order valence-corrected chi connectivity index (χ3v) is 3.99. The van der Waals surface area contributed by atoms with E-state index in [0.29, 0.717) is 18.6 Å². The van der Waals surface area contributed by atoms with Crippen molar-refractivity contribution >= 4 is 17.1 Å². The Morgan fingerprint density at radius 1 is 1.19 bits per heavy atom. The van der Waals surface area contributed by atoms with Gasteiger partial charge >= 0.3 is 5.69 Å². The third kappa shape index (κ3) is 5.24. The maximum Gasteiger partial charge on any atom is 0.321 e. The van der Waals surface area contributed by atoms with E-state index >= 15 is 0 Å². The Bertz CT molecular complexity index is 881. The van der Waals surface area contributed by atoms with Crippen LogP contribution in [0.2, 0.25) is 0 Å². The molecule has 9 nitrogen and oxygen atoms in total. The van der Waals surface area contributed by atoms with Crippen molar-refractivity contribution in [3.05, 3.63) is 68.3 Å². The van der Waals surface area contributed by atoms with E-state index in [-0.39, 0.29) is 17.4 Å². The maximum atomic E-state index is 11.1. The van der Waals surface area contributed by atoms with Crippen LogP contribution < -0.4 is 4.84 Å². The minimum atomic E-state index is -0.750. The molecule has 0 bridgehead atoms. The first kappa shape index (κ1) is 19.8. The Kier molecular flexibility index (Phi) is 6.42. The number of nitro benzene ring substituents is 2. The average molecular weight is 373 g/mol. The van der Waals surface area contributed by atoms with Crippen molar-refractivity contribution in [1.29, 1.82) is 0 Å². The lowest BCUT2D eigenvalue weighted by Gasteiger charge is -2.13. The molecule has 2 aromatic rings. The molecule has 1 N–H and O–H groups in total. The molecule has 9 heteroatoms. The summed E-state index contributed by atoms with van der Waals surface area (Å²) in [6.45, 7) is 3.81. The Hall–Kier alpha value is -3.49. The summed E-state index contributed by atoms with van der Waals surface area (Å²) in [6, 6.07) is 9.99. The van der Waals surface area contributed by atoms with Crippen molar-refractivity contribution in [2.24, 2.45) is 11.1 Å². The van der Waals surface area contributed by atoms with Gasteiger partial charge in [-0.2, -0.15) is 0 Å². The van der Waals surface area contributed by atoms with Gasteiger partial charge in [0.25, 0.3) is 5.69 Å². The normalized spacial score (nSPS) is 12.4. The smallest absolute Gasteiger partial charge is 0.321 e. The predicted molar refractivity (Wildman–Crippen MR) is 99.1 cm³/mol. The fourth-order valence-corrected chi connectivity index (χ4v) is 2.60. The first-order chi connectivity index (χ1) is 12.8. The van der Waals surface area contributed by atoms with Crippen LogP contribution >= 0.6 is 0 Å². The number of phenolic OH excluding ortho intramolecular Hbond substituents is 1. The van der Waals surface area contributed by atoms with E-state index < -0.39 is 21.2 Å². The van der Waals surface area contributed by atoms with Crippen molar-refractivity contribution in [3.8, 4) is 11.5 Å². The molecular formula is C18H19N3O6. The highest BCUT2D eigenvalue weighted by Crippen LogP contribution is 2.31. The van der Waals surface area contributed by atoms with Gasteiger partial charge in [0.05, 0.1) is 21.6 Å². The van der Waals surface area contributed by atoms with Gasteiger partial charge in [-0.05, 0) is 36.6 Å². The number of phenols is 1. The number of hydrogen-bond donors (Lipinski definition) is 1. The van der Waals surface area contributed by atoms with Crippen LogP contribution in [0.5, 0.6) is 11.5 Å². The molecule has 0 radical (unpaired) electrons. The lowest BCUT2D eigenvalue weighted by molar-refractivity contribution is -0.394. The molecule has 0 aliphatic rings. The first-order valence-corrected chi connectivity index (χ1v) is 8.26. The van der Waals surface area contributed by atoms with E-state index in [9.17, 15) is 25.3 Å². The highest BCUT2D eigenvalue weighted by Gasteiger charge is 2.21. The van der Waals surface area contributed by atoms with Crippen LogP contribution in [-0.2, 0) is 6.42 Å². The summed E-state index contributed by atoms with van der Waals surface area (Å²) in [5.41, 5.74) is 0.672. The minimum Gasteiger partial charge on any atom is -0.508 e. The number of nitrogens with zero attached hydrogens (tertiary/aromatic N) is 3. The largest absolute Gasteiger partial charge is 0.508 e. The van der Waals surface area contributed by atoms with Crippen molar-refractivity contribution < 1.29 is 19.8 Å². The van der Waals surface area contributed by atoms with E-state index in [1.165, 1.54) is 0 Å². The van der Waals surface area contributed by atoms with E-state index in [4.69, 9.17) is 4.84 Å². The quantitative estimate of drug-likeness (QED) is 0.419. The third-order valence-electron chi connectivity index (χ3n) is 3.99. The van der Waals surface area contributed by atoms with Gasteiger partial charge in [-0.1, -0.05) is 31.1 Å². The number of oxime groups is 1. The number of non-ortho nitro benzene ring substituents is 1. The number of hydrogen-bond acceptors (Lipinski definition) is 7. The van der Waals surface area contributed by atoms with Gasteiger partial charge < -0.3 is 9.94 Å². The number of benzene rings is 2. The van der Waals surface area contributed by atoms with Gasteiger partial charge in [0.1, 0.15) is 5.75 Å². The summed E-state index contributed by atoms with van der Waals surface area (Å²) < 4.78 is 0. The number of nitro groups is 2. The predicted octanol–water partition coefficient (Wildman–Crippen LogP) is 4.23. The Balaban J connectivity index is 2.20. The van der Waals surface area contributed by atoms with Gasteiger partial charge in [0.15, 0.2) is 0 Å². The van der Waals surface area contributed by atoms with Crippen LogP contribution in [-0.4, -0.2) is 20.7 Å². The van der Waals surface area contributed by atoms with E-state index in [1.807, 2.05) is 19.9 Å². The average Bonchev–Trinajstić information content (AvgIpc) is 2.62. The van der Waals surface area contributed by atoms with E-state index in [1.54, 1.807) is 18.2 Å². The molecule has 0 heterocycles. The monoisotopic (exact) mass is 373 g/mol. The Morgan fingerprint density at radius 2 is 1.93 bits per heavy atom. The zero-order valence-electron chi connectivity index (χ0n) is 14.9. The van der Waals surface area contributed by atoms with Gasteiger partial charge in [-0.3, -0.25) is 20.2 Å². The fraction of sp³-hybridized carbons (Fsp3) is 0.278. The molecule has 0 saturated carbocycles. The topological polar surface area (TPSA) is 128 Å². The van der Waals surface area contributed by atoms with Gasteiger partial charge in [-0.25, -0.2) is 0 Å². The molecule has 142 valence electrons. The zero-order chi connectivity index (χ0) is 20.0. The molecule has 0 aliphatic heterocycles. The second-order valence-electron chi connectivity index (χ2n) is 5.97. The second-order valence-corrected chi connectivity index (χ2v) is 5.97. The maximum absolute atomic E-state index is 11.1. The van der Waals surface area contributed by atoms with Crippen LogP contribution in [0.25, 0.3) is 0 Å². The van der Waals surface area contributed by atoms with Crippen LogP contribution in [0.1, 0.15) is 25.8 Å². The number of rotatable bonds is 8. The van der Waals surface area contributed by atoms with Gasteiger partial charge in [0, 0.05) is 12.0 Å². The molecule has 2 aromatic carbocycles. The summed E-state index contributed by atoms with van der Waals surface area (Å²) in [6.07, 6.45) is 1.16. The molecule has 1 atom stereocenters. The summed E-state index contributed by atoms with van der Waals surface area (Å²) in [5.74, 6) is -0.0255. The lowest BCUT2D eigenvalue weighted by atomic mass is 9.95. The summed E-state index contributed by atoms with van der Waals surface area (Å²) in [5, 5.41) is 35.5. The standard InChI is InChI=1S/C18H19N3O6/c1-3-16(12(2)9-13-5-4-6-15(22)10-13)19-27-18-8-7-14(20(23)24)11-17(18)21(25)26/h4-8,10-12,22H,3,9H2,1-2H3/b19-16-. The molecule has 0 fully saturated rings. The Labute approximate surface area is 155 Å². The lowest BCUT2D eigenvalue weighted by Crippen LogP contribution is -2.14. The summed E-state index contributed by atoms with van der Waals surface area (Å²) in [4.78, 5) is 25.7. The molecule has 2 rings (SSSR count). The summed E-state index contributed by atoms with van der Waals surface area (Å²) in [7, 11) is 0. The molecule has 0 spiro atoms. The van der Waals surface area contributed by atoms with Gasteiger partial charge in [0.2, 0.25) is 5.75 Å². The molecule has 1 unspecified atom stereocenters. The zero-order valence-corrected chi connectivity index (χ0v) is 14.9.